The summed E-state index contributed by atoms with van der Waals surface area (Å²) in [5, 5.41) is 0. The van der Waals surface area contributed by atoms with Gasteiger partial charge >= 0.3 is 5.97 Å². The predicted molar refractivity (Wildman–Crippen MR) is 82.2 cm³/mol. The first-order valence-corrected chi connectivity index (χ1v) is 8.25. The van der Waals surface area contributed by atoms with Gasteiger partial charge in [-0.1, -0.05) is 66.2 Å². The van der Waals surface area contributed by atoms with Gasteiger partial charge in [0.2, 0.25) is 0 Å². The number of hydrogen-bond acceptors (Lipinski definition) is 2. The maximum Gasteiger partial charge on any atom is 0.306 e. The fraction of sp³-hybridized carbons (Fsp3) is 0.941. The Hall–Kier alpha value is -0.530. The van der Waals surface area contributed by atoms with Crippen LogP contribution in [0.1, 0.15) is 85.5 Å². The van der Waals surface area contributed by atoms with Crippen molar-refractivity contribution in [2.45, 2.75) is 85.5 Å². The van der Waals surface area contributed by atoms with E-state index < -0.39 is 0 Å². The number of carbonyl (C=O) groups excluding carboxylic acids is 1. The molecular formula is C17H34O2. The van der Waals surface area contributed by atoms with Crippen molar-refractivity contribution < 1.29 is 9.53 Å². The fourth-order valence-corrected chi connectivity index (χ4v) is 2.27. The molecular weight excluding hydrogens is 236 g/mol. The summed E-state index contributed by atoms with van der Waals surface area (Å²) in [7, 11) is 0. The monoisotopic (exact) mass is 270 g/mol. The lowest BCUT2D eigenvalue weighted by molar-refractivity contribution is -0.146. The van der Waals surface area contributed by atoms with Crippen LogP contribution in [0.3, 0.4) is 0 Å². The number of rotatable bonds is 12. The van der Waals surface area contributed by atoms with Crippen LogP contribution < -0.4 is 0 Å². The highest BCUT2D eigenvalue weighted by Gasteiger charge is 2.12. The maximum absolute atomic E-state index is 11.6. The van der Waals surface area contributed by atoms with Crippen molar-refractivity contribution in [3.05, 3.63) is 0 Å². The summed E-state index contributed by atoms with van der Waals surface area (Å²) in [6.07, 6.45) is 10.7. The Labute approximate surface area is 120 Å². The Kier molecular flexibility index (Phi) is 12.2. The molecule has 19 heavy (non-hydrogen) atoms. The van der Waals surface area contributed by atoms with E-state index in [0.29, 0.717) is 24.9 Å². The molecule has 0 bridgehead atoms. The smallest absolute Gasteiger partial charge is 0.306 e. The van der Waals surface area contributed by atoms with Crippen LogP contribution >= 0.6 is 0 Å². The minimum Gasteiger partial charge on any atom is -0.465 e. The predicted octanol–water partition coefficient (Wildman–Crippen LogP) is 5.35. The van der Waals surface area contributed by atoms with Crippen molar-refractivity contribution in [1.29, 1.82) is 0 Å². The van der Waals surface area contributed by atoms with Gasteiger partial charge < -0.3 is 4.74 Å². The van der Waals surface area contributed by atoms with Crippen molar-refractivity contribution in [2.24, 2.45) is 11.8 Å². The fourth-order valence-electron chi connectivity index (χ4n) is 2.27. The average molecular weight is 270 g/mol. The van der Waals surface area contributed by atoms with Gasteiger partial charge in [0, 0.05) is 6.42 Å². The summed E-state index contributed by atoms with van der Waals surface area (Å²) >= 11 is 0. The molecule has 0 radical (unpaired) electrons. The third kappa shape index (κ3) is 12.3. The molecule has 0 heterocycles. The van der Waals surface area contributed by atoms with Gasteiger partial charge in [0.25, 0.3) is 0 Å². The SMILES string of the molecule is CCCCCCC(CCCC)COC(=O)CC(C)C. The van der Waals surface area contributed by atoms with Crippen LogP contribution in [0, 0.1) is 11.8 Å². The number of hydrogen-bond donors (Lipinski definition) is 0. The van der Waals surface area contributed by atoms with Gasteiger partial charge in [-0.3, -0.25) is 4.79 Å². The lowest BCUT2D eigenvalue weighted by Crippen LogP contribution is -2.15. The second-order valence-electron chi connectivity index (χ2n) is 6.14. The molecule has 0 rings (SSSR count). The van der Waals surface area contributed by atoms with E-state index >= 15 is 0 Å². The summed E-state index contributed by atoms with van der Waals surface area (Å²) in [5.74, 6) is 0.948. The normalized spacial score (nSPS) is 12.7. The van der Waals surface area contributed by atoms with Crippen LogP contribution in [0.15, 0.2) is 0 Å². The largest absolute Gasteiger partial charge is 0.465 e. The first kappa shape index (κ1) is 18.5. The molecule has 0 saturated heterocycles. The zero-order chi connectivity index (χ0) is 14.5. The van der Waals surface area contributed by atoms with Gasteiger partial charge in [0.1, 0.15) is 0 Å². The third-order valence-electron chi connectivity index (χ3n) is 3.49. The molecule has 0 aromatic heterocycles. The van der Waals surface area contributed by atoms with Gasteiger partial charge in [-0.2, -0.15) is 0 Å². The third-order valence-corrected chi connectivity index (χ3v) is 3.49. The Morgan fingerprint density at radius 1 is 0.947 bits per heavy atom. The van der Waals surface area contributed by atoms with Crippen molar-refractivity contribution in [3.63, 3.8) is 0 Å². The van der Waals surface area contributed by atoms with Gasteiger partial charge in [0.15, 0.2) is 0 Å². The molecule has 0 fully saturated rings. The van der Waals surface area contributed by atoms with Gasteiger partial charge in [0.05, 0.1) is 6.61 Å². The summed E-state index contributed by atoms with van der Waals surface area (Å²) < 4.78 is 5.43. The van der Waals surface area contributed by atoms with E-state index in [1.54, 1.807) is 0 Å². The van der Waals surface area contributed by atoms with Crippen LogP contribution in [0.5, 0.6) is 0 Å². The summed E-state index contributed by atoms with van der Waals surface area (Å²) in [5.41, 5.74) is 0. The zero-order valence-electron chi connectivity index (χ0n) is 13.5. The lowest BCUT2D eigenvalue weighted by Gasteiger charge is -2.17. The van der Waals surface area contributed by atoms with E-state index in [9.17, 15) is 4.79 Å². The summed E-state index contributed by atoms with van der Waals surface area (Å²) in [6, 6.07) is 0. The quantitative estimate of drug-likeness (QED) is 0.353. The van der Waals surface area contributed by atoms with Crippen molar-refractivity contribution in [1.82, 2.24) is 0 Å². The minimum atomic E-state index is -0.0231. The Morgan fingerprint density at radius 2 is 1.58 bits per heavy atom. The van der Waals surface area contributed by atoms with Crippen LogP contribution in [-0.2, 0) is 9.53 Å². The van der Waals surface area contributed by atoms with Crippen molar-refractivity contribution in [2.75, 3.05) is 6.61 Å². The van der Waals surface area contributed by atoms with E-state index in [-0.39, 0.29) is 5.97 Å². The second kappa shape index (κ2) is 12.5. The highest BCUT2D eigenvalue weighted by Crippen LogP contribution is 2.18. The van der Waals surface area contributed by atoms with Gasteiger partial charge in [-0.05, 0) is 24.7 Å². The highest BCUT2D eigenvalue weighted by atomic mass is 16.5. The first-order chi connectivity index (χ1) is 9.10. The molecule has 0 aliphatic heterocycles. The molecule has 0 N–H and O–H groups in total. The van der Waals surface area contributed by atoms with E-state index in [2.05, 4.69) is 27.7 Å². The minimum absolute atomic E-state index is 0.0231. The molecule has 0 aliphatic rings. The van der Waals surface area contributed by atoms with Crippen LogP contribution in [-0.4, -0.2) is 12.6 Å². The summed E-state index contributed by atoms with van der Waals surface area (Å²) in [4.78, 5) is 11.6. The zero-order valence-corrected chi connectivity index (χ0v) is 13.5. The van der Waals surface area contributed by atoms with E-state index in [4.69, 9.17) is 4.74 Å². The van der Waals surface area contributed by atoms with Gasteiger partial charge in [-0.15, -0.1) is 0 Å². The van der Waals surface area contributed by atoms with Crippen molar-refractivity contribution in [3.8, 4) is 0 Å². The van der Waals surface area contributed by atoms with Crippen LogP contribution in [0.4, 0.5) is 0 Å². The van der Waals surface area contributed by atoms with Crippen LogP contribution in [0.2, 0.25) is 0 Å². The molecule has 1 atom stereocenters. The first-order valence-electron chi connectivity index (χ1n) is 8.25. The Balaban J connectivity index is 3.87. The molecule has 2 nitrogen and oxygen atoms in total. The number of carbonyl (C=O) groups is 1. The van der Waals surface area contributed by atoms with Crippen molar-refractivity contribution >= 4 is 5.97 Å². The topological polar surface area (TPSA) is 26.3 Å². The average Bonchev–Trinajstić information content (AvgIpc) is 2.36. The Morgan fingerprint density at radius 3 is 2.16 bits per heavy atom. The molecule has 1 unspecified atom stereocenters. The Bertz CT molecular complexity index is 211. The molecule has 0 aromatic rings. The van der Waals surface area contributed by atoms with Crippen LogP contribution in [0.25, 0.3) is 0 Å². The molecule has 0 aliphatic carbocycles. The molecule has 0 aromatic carbocycles. The molecule has 2 heteroatoms. The molecule has 0 spiro atoms. The molecule has 0 amide bonds. The lowest BCUT2D eigenvalue weighted by atomic mass is 9.96. The standard InChI is InChI=1S/C17H34O2/c1-5-7-9-10-12-16(11-8-6-2)14-19-17(18)13-15(3)4/h15-16H,5-14H2,1-4H3. The number of ether oxygens (including phenoxy) is 1. The van der Waals surface area contributed by atoms with E-state index in [0.717, 1.165) is 0 Å². The number of unbranched alkanes of at least 4 members (excludes halogenated alkanes) is 4. The van der Waals surface area contributed by atoms with Gasteiger partial charge in [-0.25, -0.2) is 0 Å². The number of esters is 1. The van der Waals surface area contributed by atoms with E-state index in [1.165, 1.54) is 51.4 Å². The van der Waals surface area contributed by atoms with E-state index in [1.807, 2.05) is 0 Å². The summed E-state index contributed by atoms with van der Waals surface area (Å²) in [6.45, 7) is 9.21. The second-order valence-corrected chi connectivity index (χ2v) is 6.14. The molecule has 114 valence electrons. The maximum atomic E-state index is 11.6. The molecule has 0 saturated carbocycles. The highest BCUT2D eigenvalue weighted by molar-refractivity contribution is 5.69.